The maximum atomic E-state index is 13.0. The van der Waals surface area contributed by atoms with Gasteiger partial charge < -0.3 is 9.64 Å². The smallest absolute Gasteiger partial charge is 0.223 e. The fourth-order valence-electron chi connectivity index (χ4n) is 4.69. The molecule has 0 aromatic heterocycles. The first kappa shape index (κ1) is 19.2. The molecule has 2 aromatic carbocycles. The number of hydrogen-bond donors (Lipinski definition) is 0. The molecule has 0 radical (unpaired) electrons. The molecule has 0 saturated carbocycles. The molecule has 2 saturated heterocycles. The Morgan fingerprint density at radius 3 is 2.14 bits per heavy atom. The third-order valence-corrected chi connectivity index (χ3v) is 6.40. The highest BCUT2D eigenvalue weighted by Crippen LogP contribution is 2.40. The predicted octanol–water partition coefficient (Wildman–Crippen LogP) is 4.06. The van der Waals surface area contributed by atoms with Crippen LogP contribution in [0.5, 0.6) is 0 Å². The van der Waals surface area contributed by atoms with E-state index >= 15 is 0 Å². The standard InChI is InChI=1S/C24H30N2O2/c1-19(21-9-5-3-6-10-21)25-13-14-28-18-24(16-25)15-23(27)26(17-24)20(2)22-11-7-4-8-12-22/h3-12,19-20H,13-18H2,1-2H3/t19-,20+,24+/m1/s1. The maximum Gasteiger partial charge on any atom is 0.223 e. The van der Waals surface area contributed by atoms with E-state index in [9.17, 15) is 4.79 Å². The summed E-state index contributed by atoms with van der Waals surface area (Å²) < 4.78 is 6.01. The maximum absolute atomic E-state index is 13.0. The molecule has 4 heteroatoms. The van der Waals surface area contributed by atoms with Crippen LogP contribution in [0, 0.1) is 5.41 Å². The quantitative estimate of drug-likeness (QED) is 0.804. The van der Waals surface area contributed by atoms with Crippen molar-refractivity contribution in [2.24, 2.45) is 5.41 Å². The topological polar surface area (TPSA) is 32.8 Å². The van der Waals surface area contributed by atoms with Gasteiger partial charge in [-0.3, -0.25) is 9.69 Å². The second-order valence-corrected chi connectivity index (χ2v) is 8.39. The molecule has 1 amide bonds. The van der Waals surface area contributed by atoms with Crippen molar-refractivity contribution >= 4 is 5.91 Å². The predicted molar refractivity (Wildman–Crippen MR) is 111 cm³/mol. The van der Waals surface area contributed by atoms with E-state index in [2.05, 4.69) is 66.1 Å². The lowest BCUT2D eigenvalue weighted by Gasteiger charge is -2.35. The van der Waals surface area contributed by atoms with Gasteiger partial charge in [-0.2, -0.15) is 0 Å². The Labute approximate surface area is 168 Å². The Balaban J connectivity index is 1.53. The van der Waals surface area contributed by atoms with Gasteiger partial charge in [0.15, 0.2) is 0 Å². The highest BCUT2D eigenvalue weighted by Gasteiger charge is 2.47. The van der Waals surface area contributed by atoms with Crippen molar-refractivity contribution in [2.75, 3.05) is 32.8 Å². The van der Waals surface area contributed by atoms with Gasteiger partial charge in [0.1, 0.15) is 0 Å². The van der Waals surface area contributed by atoms with Crippen molar-refractivity contribution in [1.82, 2.24) is 9.80 Å². The molecule has 0 N–H and O–H groups in total. The van der Waals surface area contributed by atoms with Gasteiger partial charge in [0.2, 0.25) is 5.91 Å². The first-order valence-electron chi connectivity index (χ1n) is 10.3. The van der Waals surface area contributed by atoms with E-state index in [1.807, 2.05) is 18.2 Å². The number of likely N-dealkylation sites (tertiary alicyclic amines) is 1. The van der Waals surface area contributed by atoms with E-state index in [1.54, 1.807) is 0 Å². The molecule has 0 bridgehead atoms. The molecule has 2 aliphatic rings. The summed E-state index contributed by atoms with van der Waals surface area (Å²) in [5.74, 6) is 0.245. The van der Waals surface area contributed by atoms with E-state index in [1.165, 1.54) is 11.1 Å². The molecule has 3 atom stereocenters. The van der Waals surface area contributed by atoms with Crippen LogP contribution in [0.4, 0.5) is 0 Å². The minimum absolute atomic E-state index is 0.0938. The average Bonchev–Trinajstić information content (AvgIpc) is 2.92. The van der Waals surface area contributed by atoms with Gasteiger partial charge in [0.25, 0.3) is 0 Å². The van der Waals surface area contributed by atoms with E-state index in [4.69, 9.17) is 4.74 Å². The summed E-state index contributed by atoms with van der Waals surface area (Å²) in [4.78, 5) is 17.5. The minimum atomic E-state index is -0.125. The largest absolute Gasteiger partial charge is 0.379 e. The van der Waals surface area contributed by atoms with E-state index in [-0.39, 0.29) is 17.4 Å². The summed E-state index contributed by atoms with van der Waals surface area (Å²) in [6, 6.07) is 21.3. The molecule has 148 valence electrons. The Kier molecular flexibility index (Phi) is 5.51. The number of benzene rings is 2. The van der Waals surface area contributed by atoms with Crippen LogP contribution >= 0.6 is 0 Å². The molecule has 28 heavy (non-hydrogen) atoms. The number of ether oxygens (including phenoxy) is 1. The number of carbonyl (C=O) groups is 1. The van der Waals surface area contributed by atoms with Crippen LogP contribution in [0.25, 0.3) is 0 Å². The summed E-state index contributed by atoms with van der Waals surface area (Å²) in [5.41, 5.74) is 2.38. The van der Waals surface area contributed by atoms with Crippen molar-refractivity contribution in [1.29, 1.82) is 0 Å². The molecule has 0 aliphatic carbocycles. The number of rotatable bonds is 4. The van der Waals surface area contributed by atoms with E-state index in [0.29, 0.717) is 19.1 Å². The molecule has 2 heterocycles. The Morgan fingerprint density at radius 1 is 0.893 bits per heavy atom. The molecule has 2 fully saturated rings. The SMILES string of the molecule is C[C@H](c1ccccc1)N1CCOC[C@@]2(CC(=O)N([C@@H](C)c3ccccc3)C2)C1. The summed E-state index contributed by atoms with van der Waals surface area (Å²) in [5, 5.41) is 0. The van der Waals surface area contributed by atoms with Gasteiger partial charge >= 0.3 is 0 Å². The fraction of sp³-hybridized carbons (Fsp3) is 0.458. The second-order valence-electron chi connectivity index (χ2n) is 8.39. The van der Waals surface area contributed by atoms with Crippen LogP contribution in [-0.2, 0) is 9.53 Å². The van der Waals surface area contributed by atoms with Crippen molar-refractivity contribution in [2.45, 2.75) is 32.4 Å². The van der Waals surface area contributed by atoms with Crippen molar-refractivity contribution in [3.63, 3.8) is 0 Å². The third kappa shape index (κ3) is 3.85. The highest BCUT2D eigenvalue weighted by atomic mass is 16.5. The van der Waals surface area contributed by atoms with Crippen LogP contribution in [0.3, 0.4) is 0 Å². The Morgan fingerprint density at radius 2 is 1.50 bits per heavy atom. The molecule has 1 spiro atoms. The minimum Gasteiger partial charge on any atom is -0.379 e. The van der Waals surface area contributed by atoms with Crippen molar-refractivity contribution in [3.8, 4) is 0 Å². The fourth-order valence-corrected chi connectivity index (χ4v) is 4.69. The lowest BCUT2D eigenvalue weighted by Crippen LogP contribution is -2.42. The zero-order valence-corrected chi connectivity index (χ0v) is 16.9. The van der Waals surface area contributed by atoms with Crippen molar-refractivity contribution in [3.05, 3.63) is 71.8 Å². The zero-order chi connectivity index (χ0) is 19.6. The molecular weight excluding hydrogens is 348 g/mol. The Bertz CT molecular complexity index is 795. The number of amides is 1. The first-order valence-corrected chi connectivity index (χ1v) is 10.3. The average molecular weight is 379 g/mol. The normalized spacial score (nSPS) is 25.6. The van der Waals surface area contributed by atoms with Crippen LogP contribution in [0.2, 0.25) is 0 Å². The summed E-state index contributed by atoms with van der Waals surface area (Å²) in [6.45, 7) is 8.34. The summed E-state index contributed by atoms with van der Waals surface area (Å²) in [7, 11) is 0. The number of hydrogen-bond acceptors (Lipinski definition) is 3. The van der Waals surface area contributed by atoms with Gasteiger partial charge in [-0.25, -0.2) is 0 Å². The summed E-state index contributed by atoms with van der Waals surface area (Å²) >= 11 is 0. The molecule has 2 aromatic rings. The van der Waals surface area contributed by atoms with Crippen LogP contribution in [-0.4, -0.2) is 48.6 Å². The van der Waals surface area contributed by atoms with Gasteiger partial charge in [-0.1, -0.05) is 60.7 Å². The van der Waals surface area contributed by atoms with E-state index < -0.39 is 0 Å². The highest BCUT2D eigenvalue weighted by molar-refractivity contribution is 5.80. The molecule has 4 rings (SSSR count). The van der Waals surface area contributed by atoms with Crippen molar-refractivity contribution < 1.29 is 9.53 Å². The molecular formula is C24H30N2O2. The van der Waals surface area contributed by atoms with Gasteiger partial charge in [-0.05, 0) is 25.0 Å². The Hall–Kier alpha value is -2.17. The first-order chi connectivity index (χ1) is 13.6. The molecule has 2 aliphatic heterocycles. The van der Waals surface area contributed by atoms with E-state index in [0.717, 1.165) is 26.2 Å². The van der Waals surface area contributed by atoms with Gasteiger partial charge in [0, 0.05) is 37.5 Å². The molecule has 4 nitrogen and oxygen atoms in total. The van der Waals surface area contributed by atoms with Crippen LogP contribution < -0.4 is 0 Å². The van der Waals surface area contributed by atoms with Crippen LogP contribution in [0.15, 0.2) is 60.7 Å². The summed E-state index contributed by atoms with van der Waals surface area (Å²) in [6.07, 6.45) is 0.572. The second kappa shape index (κ2) is 8.06. The van der Waals surface area contributed by atoms with Gasteiger partial charge in [0.05, 0.1) is 19.3 Å². The lowest BCUT2D eigenvalue weighted by molar-refractivity contribution is -0.129. The van der Waals surface area contributed by atoms with Crippen LogP contribution in [0.1, 0.15) is 43.5 Å². The number of carbonyl (C=O) groups excluding carboxylic acids is 1. The third-order valence-electron chi connectivity index (χ3n) is 6.40. The zero-order valence-electron chi connectivity index (χ0n) is 16.9. The number of nitrogens with zero attached hydrogens (tertiary/aromatic N) is 2. The monoisotopic (exact) mass is 378 g/mol. The molecule has 0 unspecified atom stereocenters. The lowest BCUT2D eigenvalue weighted by atomic mass is 9.86. The van der Waals surface area contributed by atoms with Gasteiger partial charge in [-0.15, -0.1) is 0 Å².